The van der Waals surface area contributed by atoms with E-state index >= 15 is 0 Å². The predicted molar refractivity (Wildman–Crippen MR) is 156 cm³/mol. The van der Waals surface area contributed by atoms with E-state index in [2.05, 4.69) is 0 Å². The monoisotopic (exact) mass is 609 g/mol. The number of carbonyl (C=O) groups is 4. The molecule has 12 heteroatoms. The van der Waals surface area contributed by atoms with Crippen LogP contribution in [0.4, 0.5) is 14.4 Å². The molecule has 0 bridgehead atoms. The Morgan fingerprint density at radius 1 is 0.814 bits per heavy atom. The highest BCUT2D eigenvalue weighted by molar-refractivity contribution is 5.76. The molecule has 0 aliphatic heterocycles. The molecule has 0 unspecified atom stereocenters. The van der Waals surface area contributed by atoms with Crippen LogP contribution in [0.5, 0.6) is 11.5 Å². The first-order valence-corrected chi connectivity index (χ1v) is 15.3. The van der Waals surface area contributed by atoms with Gasteiger partial charge in [-0.05, 0) is 69.6 Å². The van der Waals surface area contributed by atoms with Gasteiger partial charge in [0.1, 0.15) is 24.9 Å². The highest BCUT2D eigenvalue weighted by Crippen LogP contribution is 2.30. The van der Waals surface area contributed by atoms with Crippen molar-refractivity contribution in [2.24, 2.45) is 5.73 Å². The Bertz CT molecular complexity index is 1010. The van der Waals surface area contributed by atoms with Crippen molar-refractivity contribution in [1.82, 2.24) is 0 Å². The summed E-state index contributed by atoms with van der Waals surface area (Å²) in [5.41, 5.74) is 6.56. The van der Waals surface area contributed by atoms with E-state index in [4.69, 9.17) is 38.9 Å². The second-order valence-electron chi connectivity index (χ2n) is 10.6. The Morgan fingerprint density at radius 3 is 2.02 bits per heavy atom. The first-order valence-electron chi connectivity index (χ1n) is 15.3. The van der Waals surface area contributed by atoms with Crippen LogP contribution < -0.4 is 15.2 Å². The maximum Gasteiger partial charge on any atom is 0.513 e. The molecule has 43 heavy (non-hydrogen) atoms. The minimum atomic E-state index is -1.08. The van der Waals surface area contributed by atoms with Gasteiger partial charge in [-0.25, -0.2) is 14.4 Å². The fourth-order valence-electron chi connectivity index (χ4n) is 4.29. The minimum absolute atomic E-state index is 0.0153. The number of carbonyl (C=O) groups excluding carboxylic acids is 4. The van der Waals surface area contributed by atoms with Crippen molar-refractivity contribution < 1.29 is 52.3 Å². The molecule has 1 aromatic rings. The van der Waals surface area contributed by atoms with Crippen LogP contribution in [0.3, 0.4) is 0 Å². The molecule has 1 aliphatic carbocycles. The van der Waals surface area contributed by atoms with Crippen molar-refractivity contribution in [2.45, 2.75) is 116 Å². The molecule has 242 valence electrons. The summed E-state index contributed by atoms with van der Waals surface area (Å²) < 4.78 is 36.5. The maximum atomic E-state index is 12.5. The normalized spacial score (nSPS) is 14.6. The van der Waals surface area contributed by atoms with E-state index in [1.165, 1.54) is 12.1 Å². The van der Waals surface area contributed by atoms with Gasteiger partial charge in [0, 0.05) is 0 Å². The Labute approximate surface area is 253 Å². The highest BCUT2D eigenvalue weighted by Gasteiger charge is 2.23. The number of nitrogens with two attached hydrogens (primary N) is 1. The molecule has 1 aliphatic rings. The van der Waals surface area contributed by atoms with Crippen LogP contribution in [-0.2, 0) is 34.9 Å². The number of hydrogen-bond acceptors (Lipinski definition) is 12. The SMILES string of the molecule is CCCCCOC(=O)Oc1ccc(C[C@H](N)C(=O)OC[C@H](C)OC(=O)OC2CCCCC2)cc1OC(=O)OCCCCC. The summed E-state index contributed by atoms with van der Waals surface area (Å²) in [7, 11) is 0. The summed E-state index contributed by atoms with van der Waals surface area (Å²) >= 11 is 0. The van der Waals surface area contributed by atoms with Gasteiger partial charge in [-0.15, -0.1) is 0 Å². The lowest BCUT2D eigenvalue weighted by Gasteiger charge is -2.22. The average Bonchev–Trinajstić information content (AvgIpc) is 2.98. The zero-order valence-electron chi connectivity index (χ0n) is 25.6. The van der Waals surface area contributed by atoms with Gasteiger partial charge in [0.2, 0.25) is 0 Å². The van der Waals surface area contributed by atoms with Crippen molar-refractivity contribution in [3.8, 4) is 11.5 Å². The van der Waals surface area contributed by atoms with Crippen LogP contribution in [0, 0.1) is 0 Å². The smallest absolute Gasteiger partial charge is 0.461 e. The number of benzene rings is 1. The van der Waals surface area contributed by atoms with E-state index in [1.807, 2.05) is 13.8 Å². The van der Waals surface area contributed by atoms with Crippen molar-refractivity contribution in [3.63, 3.8) is 0 Å². The third-order valence-corrected chi connectivity index (χ3v) is 6.66. The van der Waals surface area contributed by atoms with Crippen molar-refractivity contribution in [2.75, 3.05) is 19.8 Å². The third-order valence-electron chi connectivity index (χ3n) is 6.66. The van der Waals surface area contributed by atoms with Gasteiger partial charge in [0.25, 0.3) is 0 Å². The van der Waals surface area contributed by atoms with Gasteiger partial charge in [-0.1, -0.05) is 52.0 Å². The molecule has 0 aromatic heterocycles. The van der Waals surface area contributed by atoms with Crippen LogP contribution in [-0.4, -0.2) is 62.5 Å². The van der Waals surface area contributed by atoms with Crippen molar-refractivity contribution >= 4 is 24.4 Å². The summed E-state index contributed by atoms with van der Waals surface area (Å²) in [4.78, 5) is 49.0. The summed E-state index contributed by atoms with van der Waals surface area (Å²) in [6.07, 6.45) is 6.35. The molecule has 1 fully saturated rings. The third kappa shape index (κ3) is 15.0. The maximum absolute atomic E-state index is 12.5. The first kappa shape index (κ1) is 35.7. The van der Waals surface area contributed by atoms with Gasteiger partial charge in [-0.2, -0.15) is 0 Å². The molecule has 2 atom stereocenters. The van der Waals surface area contributed by atoms with E-state index in [0.29, 0.717) is 18.4 Å². The molecular weight excluding hydrogens is 562 g/mol. The molecule has 1 aromatic carbocycles. The summed E-state index contributed by atoms with van der Waals surface area (Å²) in [6, 6.07) is 3.33. The van der Waals surface area contributed by atoms with E-state index in [0.717, 1.165) is 57.8 Å². The number of hydrogen-bond donors (Lipinski definition) is 1. The molecule has 0 heterocycles. The number of unbranched alkanes of at least 4 members (excludes halogenated alkanes) is 4. The molecule has 2 N–H and O–H groups in total. The molecule has 1 saturated carbocycles. The van der Waals surface area contributed by atoms with Crippen LogP contribution >= 0.6 is 0 Å². The fraction of sp³-hybridized carbons (Fsp3) is 0.677. The van der Waals surface area contributed by atoms with Crippen LogP contribution in [0.25, 0.3) is 0 Å². The molecule has 0 amide bonds. The van der Waals surface area contributed by atoms with Gasteiger partial charge in [0.15, 0.2) is 11.5 Å². The Kier molecular flexibility index (Phi) is 16.9. The molecule has 2 rings (SSSR count). The largest absolute Gasteiger partial charge is 0.513 e. The fourth-order valence-corrected chi connectivity index (χ4v) is 4.29. The average molecular weight is 610 g/mol. The van der Waals surface area contributed by atoms with E-state index in [1.54, 1.807) is 13.0 Å². The minimum Gasteiger partial charge on any atom is -0.461 e. The van der Waals surface area contributed by atoms with E-state index in [-0.39, 0.29) is 43.8 Å². The lowest BCUT2D eigenvalue weighted by Crippen LogP contribution is -2.36. The molecule has 12 nitrogen and oxygen atoms in total. The van der Waals surface area contributed by atoms with Crippen molar-refractivity contribution in [3.05, 3.63) is 23.8 Å². The summed E-state index contributed by atoms with van der Waals surface area (Å²) in [5, 5.41) is 0. The van der Waals surface area contributed by atoms with E-state index < -0.39 is 36.6 Å². The number of esters is 1. The first-order chi connectivity index (χ1) is 20.7. The van der Waals surface area contributed by atoms with Crippen molar-refractivity contribution in [1.29, 1.82) is 0 Å². The highest BCUT2D eigenvalue weighted by atomic mass is 16.7. The Hall–Kier alpha value is -3.54. The molecule has 0 spiro atoms. The second-order valence-corrected chi connectivity index (χ2v) is 10.6. The lowest BCUT2D eigenvalue weighted by atomic mass is 9.98. The molecular formula is C31H47NO11. The summed E-state index contributed by atoms with van der Waals surface area (Å²) in [6.45, 7) is 5.82. The predicted octanol–water partition coefficient (Wildman–Crippen LogP) is 6.39. The molecule has 0 saturated heterocycles. The van der Waals surface area contributed by atoms with Crippen LogP contribution in [0.1, 0.15) is 97.0 Å². The van der Waals surface area contributed by atoms with Gasteiger partial charge in [0.05, 0.1) is 13.2 Å². The second kappa shape index (κ2) is 20.4. The lowest BCUT2D eigenvalue weighted by molar-refractivity contribution is -0.148. The zero-order chi connectivity index (χ0) is 31.5. The van der Waals surface area contributed by atoms with Gasteiger partial charge in [-0.3, -0.25) is 4.79 Å². The Morgan fingerprint density at radius 2 is 1.42 bits per heavy atom. The molecule has 0 radical (unpaired) electrons. The van der Waals surface area contributed by atoms with Gasteiger partial charge >= 0.3 is 24.4 Å². The van der Waals surface area contributed by atoms with Crippen LogP contribution in [0.2, 0.25) is 0 Å². The number of ether oxygens (including phenoxy) is 7. The summed E-state index contributed by atoms with van der Waals surface area (Å²) in [5.74, 6) is -0.871. The van der Waals surface area contributed by atoms with E-state index in [9.17, 15) is 19.2 Å². The standard InChI is InChI=1S/C31H47NO11/c1-4-6-11-17-37-29(34)42-26-16-15-23(20-27(26)43-30(35)38-18-12-7-5-2)19-25(32)28(33)39-21-22(3)40-31(36)41-24-13-9-8-10-14-24/h15-16,20,22,24-25H,4-14,17-19,21,32H2,1-3H3/t22-,25-/m0/s1. The Balaban J connectivity index is 1.93. The zero-order valence-corrected chi connectivity index (χ0v) is 25.6. The topological polar surface area (TPSA) is 159 Å². The van der Waals surface area contributed by atoms with Gasteiger partial charge < -0.3 is 38.9 Å². The van der Waals surface area contributed by atoms with Crippen LogP contribution in [0.15, 0.2) is 18.2 Å². The number of rotatable bonds is 17. The quantitative estimate of drug-likeness (QED) is 0.0899.